The van der Waals surface area contributed by atoms with E-state index in [4.69, 9.17) is 17.0 Å². The first kappa shape index (κ1) is 14.9. The second-order valence-electron chi connectivity index (χ2n) is 4.21. The van der Waals surface area contributed by atoms with E-state index in [0.29, 0.717) is 12.5 Å². The number of ether oxygens (including phenoxy) is 1. The third-order valence-corrected chi connectivity index (χ3v) is 3.20. The Labute approximate surface area is 101 Å². The van der Waals surface area contributed by atoms with Crippen LogP contribution in [-0.4, -0.2) is 11.7 Å². The Bertz CT molecular complexity index is 157. The maximum Gasteiger partial charge on any atom is 0.162 e. The molecule has 0 aliphatic heterocycles. The average molecular weight is 230 g/mol. The van der Waals surface area contributed by atoms with Crippen LogP contribution in [0.15, 0.2) is 0 Å². The van der Waals surface area contributed by atoms with Crippen molar-refractivity contribution in [3.05, 3.63) is 0 Å². The van der Waals surface area contributed by atoms with E-state index < -0.39 is 0 Å². The Morgan fingerprint density at radius 2 is 1.67 bits per heavy atom. The first-order valence-electron chi connectivity index (χ1n) is 6.39. The molecule has 0 heterocycles. The molecule has 0 aliphatic carbocycles. The molecule has 0 aromatic carbocycles. The van der Waals surface area contributed by atoms with Gasteiger partial charge in [-0.15, -0.1) is 0 Å². The molecule has 1 atom stereocenters. The fraction of sp³-hybridized carbons (Fsp3) is 0.923. The predicted molar refractivity (Wildman–Crippen MR) is 71.4 cm³/mol. The van der Waals surface area contributed by atoms with E-state index in [9.17, 15) is 0 Å². The van der Waals surface area contributed by atoms with E-state index in [1.54, 1.807) is 0 Å². The smallest absolute Gasteiger partial charge is 0.162 e. The molecule has 0 fully saturated rings. The zero-order valence-electron chi connectivity index (χ0n) is 10.6. The van der Waals surface area contributed by atoms with Gasteiger partial charge in [0.1, 0.15) is 0 Å². The summed E-state index contributed by atoms with van der Waals surface area (Å²) < 4.78 is 5.33. The summed E-state index contributed by atoms with van der Waals surface area (Å²) in [7, 11) is 0. The third kappa shape index (κ3) is 8.86. The number of thiocarbonyl (C=S) groups is 1. The standard InChI is InChI=1S/C13H26OS/c1-4-6-7-8-9-10-11-12(3)13(15)14-5-2/h12H,4-11H2,1-3H3. The zero-order chi connectivity index (χ0) is 11.5. The van der Waals surface area contributed by atoms with Crippen LogP contribution in [0.2, 0.25) is 0 Å². The minimum absolute atomic E-state index is 0.450. The van der Waals surface area contributed by atoms with Gasteiger partial charge in [-0.2, -0.15) is 0 Å². The normalized spacial score (nSPS) is 12.5. The zero-order valence-corrected chi connectivity index (χ0v) is 11.4. The number of rotatable bonds is 9. The predicted octanol–water partition coefficient (Wildman–Crippen LogP) is 4.74. The number of hydrogen-bond acceptors (Lipinski definition) is 2. The van der Waals surface area contributed by atoms with Gasteiger partial charge in [0.05, 0.1) is 6.61 Å². The van der Waals surface area contributed by atoms with Crippen molar-refractivity contribution in [2.75, 3.05) is 6.61 Å². The van der Waals surface area contributed by atoms with Crippen LogP contribution < -0.4 is 0 Å². The molecule has 2 heteroatoms. The summed E-state index contributed by atoms with van der Waals surface area (Å²) in [5.41, 5.74) is 0. The highest BCUT2D eigenvalue weighted by Gasteiger charge is 2.08. The molecule has 15 heavy (non-hydrogen) atoms. The van der Waals surface area contributed by atoms with Crippen LogP contribution in [0.5, 0.6) is 0 Å². The lowest BCUT2D eigenvalue weighted by Gasteiger charge is -2.12. The van der Waals surface area contributed by atoms with Crippen molar-refractivity contribution in [2.24, 2.45) is 5.92 Å². The fourth-order valence-electron chi connectivity index (χ4n) is 1.63. The molecular weight excluding hydrogens is 204 g/mol. The second kappa shape index (κ2) is 10.4. The van der Waals surface area contributed by atoms with E-state index in [-0.39, 0.29) is 0 Å². The largest absolute Gasteiger partial charge is 0.487 e. The highest BCUT2D eigenvalue weighted by Crippen LogP contribution is 2.14. The van der Waals surface area contributed by atoms with E-state index in [1.165, 1.54) is 44.9 Å². The highest BCUT2D eigenvalue weighted by molar-refractivity contribution is 7.80. The molecule has 0 aliphatic rings. The van der Waals surface area contributed by atoms with Gasteiger partial charge >= 0.3 is 0 Å². The Hall–Kier alpha value is -0.110. The maximum atomic E-state index is 5.33. The van der Waals surface area contributed by atoms with Crippen LogP contribution in [0.25, 0.3) is 0 Å². The molecule has 0 bridgehead atoms. The lowest BCUT2D eigenvalue weighted by molar-refractivity contribution is 0.309. The van der Waals surface area contributed by atoms with E-state index in [2.05, 4.69) is 13.8 Å². The molecule has 0 saturated carbocycles. The van der Waals surface area contributed by atoms with Crippen molar-refractivity contribution >= 4 is 17.3 Å². The van der Waals surface area contributed by atoms with Gasteiger partial charge in [-0.05, 0) is 25.6 Å². The molecule has 0 saturated heterocycles. The van der Waals surface area contributed by atoms with Gasteiger partial charge in [0.15, 0.2) is 5.05 Å². The molecular formula is C13H26OS. The second-order valence-corrected chi connectivity index (χ2v) is 4.61. The maximum absolute atomic E-state index is 5.33. The Morgan fingerprint density at radius 1 is 1.07 bits per heavy atom. The monoisotopic (exact) mass is 230 g/mol. The van der Waals surface area contributed by atoms with Gasteiger partial charge in [0, 0.05) is 5.92 Å². The fourth-order valence-corrected chi connectivity index (χ4v) is 1.87. The molecule has 0 rings (SSSR count). The Kier molecular flexibility index (Phi) is 10.3. The van der Waals surface area contributed by atoms with Crippen LogP contribution in [0, 0.1) is 5.92 Å². The Morgan fingerprint density at radius 3 is 2.27 bits per heavy atom. The van der Waals surface area contributed by atoms with Crippen LogP contribution in [0.1, 0.15) is 65.7 Å². The SMILES string of the molecule is CCCCCCCCC(C)C(=S)OCC. The van der Waals surface area contributed by atoms with Gasteiger partial charge in [0.2, 0.25) is 0 Å². The molecule has 0 N–H and O–H groups in total. The molecule has 0 aromatic rings. The molecule has 0 radical (unpaired) electrons. The van der Waals surface area contributed by atoms with Crippen LogP contribution in [-0.2, 0) is 4.74 Å². The first-order valence-corrected chi connectivity index (χ1v) is 6.79. The highest BCUT2D eigenvalue weighted by atomic mass is 32.1. The summed E-state index contributed by atoms with van der Waals surface area (Å²) in [6, 6.07) is 0. The molecule has 1 unspecified atom stereocenters. The van der Waals surface area contributed by atoms with Crippen LogP contribution in [0.4, 0.5) is 0 Å². The lowest BCUT2D eigenvalue weighted by atomic mass is 10.0. The van der Waals surface area contributed by atoms with Gasteiger partial charge in [-0.25, -0.2) is 0 Å². The third-order valence-electron chi connectivity index (χ3n) is 2.68. The molecule has 90 valence electrons. The molecule has 0 aromatic heterocycles. The van der Waals surface area contributed by atoms with Crippen molar-refractivity contribution in [3.63, 3.8) is 0 Å². The van der Waals surface area contributed by atoms with Crippen molar-refractivity contribution in [2.45, 2.75) is 65.7 Å². The summed E-state index contributed by atoms with van der Waals surface area (Å²) in [5, 5.41) is 0.797. The summed E-state index contributed by atoms with van der Waals surface area (Å²) in [6.07, 6.45) is 9.29. The van der Waals surface area contributed by atoms with Crippen molar-refractivity contribution in [1.29, 1.82) is 0 Å². The van der Waals surface area contributed by atoms with Gasteiger partial charge in [0.25, 0.3) is 0 Å². The summed E-state index contributed by atoms with van der Waals surface area (Å²) in [6.45, 7) is 7.12. The topological polar surface area (TPSA) is 9.23 Å². The first-order chi connectivity index (χ1) is 7.22. The minimum Gasteiger partial charge on any atom is -0.487 e. The lowest BCUT2D eigenvalue weighted by Crippen LogP contribution is -2.12. The van der Waals surface area contributed by atoms with Crippen molar-refractivity contribution in [1.82, 2.24) is 0 Å². The van der Waals surface area contributed by atoms with Crippen molar-refractivity contribution < 1.29 is 4.74 Å². The van der Waals surface area contributed by atoms with Gasteiger partial charge in [-0.1, -0.05) is 52.4 Å². The Balaban J connectivity index is 3.30. The number of unbranched alkanes of at least 4 members (excludes halogenated alkanes) is 5. The molecule has 1 nitrogen and oxygen atoms in total. The van der Waals surface area contributed by atoms with Gasteiger partial charge in [-0.3, -0.25) is 0 Å². The average Bonchev–Trinajstić information content (AvgIpc) is 2.23. The number of hydrogen-bond donors (Lipinski definition) is 0. The summed E-state index contributed by atoms with van der Waals surface area (Å²) >= 11 is 5.17. The van der Waals surface area contributed by atoms with E-state index >= 15 is 0 Å². The summed E-state index contributed by atoms with van der Waals surface area (Å²) in [5.74, 6) is 0.450. The molecule has 0 amide bonds. The van der Waals surface area contributed by atoms with Crippen molar-refractivity contribution in [3.8, 4) is 0 Å². The van der Waals surface area contributed by atoms with E-state index in [0.717, 1.165) is 5.05 Å². The van der Waals surface area contributed by atoms with Gasteiger partial charge < -0.3 is 4.74 Å². The van der Waals surface area contributed by atoms with Crippen LogP contribution >= 0.6 is 12.2 Å². The minimum atomic E-state index is 0.450. The van der Waals surface area contributed by atoms with E-state index in [1.807, 2.05) is 6.92 Å². The summed E-state index contributed by atoms with van der Waals surface area (Å²) in [4.78, 5) is 0. The molecule has 0 spiro atoms. The van der Waals surface area contributed by atoms with Crippen LogP contribution in [0.3, 0.4) is 0 Å². The quantitative estimate of drug-likeness (QED) is 0.418.